The Morgan fingerprint density at radius 2 is 2.17 bits per heavy atom. The van der Waals surface area contributed by atoms with Crippen molar-refractivity contribution >= 4 is 5.82 Å². The normalized spacial score (nSPS) is 21.6. The molecular weight excluding hydrogens is 311 g/mol. The molecule has 0 amide bonds. The van der Waals surface area contributed by atoms with E-state index in [9.17, 15) is 13.2 Å². The zero-order valence-corrected chi connectivity index (χ0v) is 12.4. The Morgan fingerprint density at radius 1 is 1.35 bits per heavy atom. The molecule has 23 heavy (non-hydrogen) atoms. The van der Waals surface area contributed by atoms with E-state index in [0.29, 0.717) is 19.0 Å². The number of ether oxygens (including phenoxy) is 1. The van der Waals surface area contributed by atoms with Crippen molar-refractivity contribution in [3.05, 3.63) is 36.0 Å². The summed E-state index contributed by atoms with van der Waals surface area (Å²) in [5.74, 6) is 1.32. The lowest BCUT2D eigenvalue weighted by atomic mass is 10.0. The van der Waals surface area contributed by atoms with E-state index in [1.165, 1.54) is 12.4 Å². The molecule has 0 aromatic carbocycles. The molecule has 0 saturated carbocycles. The monoisotopic (exact) mass is 327 g/mol. The molecule has 1 saturated heterocycles. The summed E-state index contributed by atoms with van der Waals surface area (Å²) >= 11 is 0. The highest BCUT2D eigenvalue weighted by molar-refractivity contribution is 5.39. The van der Waals surface area contributed by atoms with E-state index in [4.69, 9.17) is 4.74 Å². The number of aromatic amines is 1. The number of likely N-dealkylation sites (N-methyl/N-ethyl adjacent to an activating group) is 1. The molecule has 1 N–H and O–H groups in total. The lowest BCUT2D eigenvalue weighted by Crippen LogP contribution is -2.32. The summed E-state index contributed by atoms with van der Waals surface area (Å²) in [6.45, 7) is 1.12. The van der Waals surface area contributed by atoms with Crippen LogP contribution in [0.1, 0.15) is 23.7 Å². The number of rotatable bonds is 4. The molecule has 0 unspecified atom stereocenters. The zero-order valence-electron chi connectivity index (χ0n) is 12.4. The van der Waals surface area contributed by atoms with E-state index < -0.39 is 11.7 Å². The molecule has 6 nitrogen and oxygen atoms in total. The van der Waals surface area contributed by atoms with E-state index in [0.717, 1.165) is 24.5 Å². The average molecular weight is 327 g/mol. The second-order valence-electron chi connectivity index (χ2n) is 5.46. The molecule has 2 atom stereocenters. The lowest BCUT2D eigenvalue weighted by Gasteiger charge is -2.24. The molecule has 1 fully saturated rings. The van der Waals surface area contributed by atoms with Gasteiger partial charge in [0.2, 0.25) is 0 Å². The SMILES string of the molecule is CN(C[C@H]1OCC[C@H]1c1ncn[nH]1)c1ccc(C(F)(F)F)cn1. The molecule has 2 aromatic rings. The molecule has 0 radical (unpaired) electrons. The summed E-state index contributed by atoms with van der Waals surface area (Å²) in [5.41, 5.74) is -0.758. The number of hydrogen-bond donors (Lipinski definition) is 1. The number of anilines is 1. The summed E-state index contributed by atoms with van der Waals surface area (Å²) in [7, 11) is 1.77. The van der Waals surface area contributed by atoms with Gasteiger partial charge in [0.25, 0.3) is 0 Å². The third-order valence-corrected chi connectivity index (χ3v) is 3.91. The van der Waals surface area contributed by atoms with Gasteiger partial charge in [-0.2, -0.15) is 18.3 Å². The number of nitrogens with zero attached hydrogens (tertiary/aromatic N) is 4. The Balaban J connectivity index is 1.68. The van der Waals surface area contributed by atoms with Gasteiger partial charge >= 0.3 is 6.18 Å². The predicted molar refractivity (Wildman–Crippen MR) is 76.0 cm³/mol. The summed E-state index contributed by atoms with van der Waals surface area (Å²) in [5, 5.41) is 6.69. The van der Waals surface area contributed by atoms with Crippen molar-refractivity contribution in [1.29, 1.82) is 0 Å². The van der Waals surface area contributed by atoms with Gasteiger partial charge in [-0.3, -0.25) is 5.10 Å². The quantitative estimate of drug-likeness (QED) is 0.933. The molecule has 1 aliphatic rings. The van der Waals surface area contributed by atoms with Crippen molar-refractivity contribution in [1.82, 2.24) is 20.2 Å². The molecule has 1 aliphatic heterocycles. The standard InChI is InChI=1S/C14H16F3N5O/c1-22(12-3-2-9(6-18-12)14(15,16)17)7-11-10(4-5-23-11)13-19-8-20-21-13/h2-3,6,8,10-11H,4-5,7H2,1H3,(H,19,20,21)/t10-,11-/m1/s1. The maximum absolute atomic E-state index is 12.6. The summed E-state index contributed by atoms with van der Waals surface area (Å²) in [4.78, 5) is 9.83. The van der Waals surface area contributed by atoms with E-state index in [1.807, 2.05) is 0 Å². The molecule has 3 heterocycles. The highest BCUT2D eigenvalue weighted by atomic mass is 19.4. The number of H-pyrrole nitrogens is 1. The predicted octanol–water partition coefficient (Wildman–Crippen LogP) is 2.23. The van der Waals surface area contributed by atoms with Gasteiger partial charge in [-0.1, -0.05) is 0 Å². The number of alkyl halides is 3. The van der Waals surface area contributed by atoms with E-state index in [2.05, 4.69) is 20.2 Å². The Bertz CT molecular complexity index is 629. The highest BCUT2D eigenvalue weighted by Crippen LogP contribution is 2.31. The van der Waals surface area contributed by atoms with Crippen LogP contribution >= 0.6 is 0 Å². The zero-order chi connectivity index (χ0) is 16.4. The van der Waals surface area contributed by atoms with Crippen LogP contribution in [0.15, 0.2) is 24.7 Å². The van der Waals surface area contributed by atoms with E-state index >= 15 is 0 Å². The maximum Gasteiger partial charge on any atom is 0.417 e. The van der Waals surface area contributed by atoms with E-state index in [-0.39, 0.29) is 12.0 Å². The van der Waals surface area contributed by atoms with Crippen molar-refractivity contribution in [2.75, 3.05) is 25.1 Å². The molecule has 0 bridgehead atoms. The topological polar surface area (TPSA) is 66.9 Å². The molecule has 3 rings (SSSR count). The van der Waals surface area contributed by atoms with Crippen molar-refractivity contribution in [3.63, 3.8) is 0 Å². The first kappa shape index (κ1) is 15.7. The minimum Gasteiger partial charge on any atom is -0.376 e. The fraction of sp³-hybridized carbons (Fsp3) is 0.500. The first-order valence-electron chi connectivity index (χ1n) is 7.16. The van der Waals surface area contributed by atoms with Crippen LogP contribution < -0.4 is 4.90 Å². The Labute approximate surface area is 130 Å². The van der Waals surface area contributed by atoms with Crippen LogP contribution in [0.5, 0.6) is 0 Å². The number of halogens is 3. The largest absolute Gasteiger partial charge is 0.417 e. The Morgan fingerprint density at radius 3 is 2.78 bits per heavy atom. The van der Waals surface area contributed by atoms with Gasteiger partial charge in [-0.25, -0.2) is 9.97 Å². The average Bonchev–Trinajstić information content (AvgIpc) is 3.17. The molecule has 124 valence electrons. The molecule has 9 heteroatoms. The number of hydrogen-bond acceptors (Lipinski definition) is 5. The third-order valence-electron chi connectivity index (χ3n) is 3.91. The van der Waals surface area contributed by atoms with Gasteiger partial charge in [0.1, 0.15) is 18.0 Å². The van der Waals surface area contributed by atoms with Gasteiger partial charge in [0.15, 0.2) is 0 Å². The number of nitrogens with one attached hydrogen (secondary N) is 1. The first-order chi connectivity index (χ1) is 10.9. The molecular formula is C14H16F3N5O. The second kappa shape index (κ2) is 6.15. The molecule has 0 aliphatic carbocycles. The van der Waals surface area contributed by atoms with Gasteiger partial charge in [-0.05, 0) is 18.6 Å². The second-order valence-corrected chi connectivity index (χ2v) is 5.46. The van der Waals surface area contributed by atoms with Crippen molar-refractivity contribution in [2.24, 2.45) is 0 Å². The van der Waals surface area contributed by atoms with Crippen LogP contribution in [0.2, 0.25) is 0 Å². The van der Waals surface area contributed by atoms with Crippen molar-refractivity contribution < 1.29 is 17.9 Å². The van der Waals surface area contributed by atoms with Crippen LogP contribution in [-0.2, 0) is 10.9 Å². The minimum absolute atomic E-state index is 0.0920. The van der Waals surface area contributed by atoms with Crippen LogP contribution in [0.3, 0.4) is 0 Å². The van der Waals surface area contributed by atoms with Crippen LogP contribution in [-0.4, -0.2) is 46.5 Å². The summed E-state index contributed by atoms with van der Waals surface area (Å²) in [6, 6.07) is 2.39. The Kier molecular flexibility index (Phi) is 4.20. The number of pyridine rings is 1. The van der Waals surface area contributed by atoms with Crippen molar-refractivity contribution in [2.45, 2.75) is 24.6 Å². The fourth-order valence-electron chi connectivity index (χ4n) is 2.68. The molecule has 2 aromatic heterocycles. The van der Waals surface area contributed by atoms with Gasteiger partial charge < -0.3 is 9.64 Å². The van der Waals surface area contributed by atoms with Gasteiger partial charge in [0, 0.05) is 32.3 Å². The maximum atomic E-state index is 12.6. The number of aromatic nitrogens is 4. The lowest BCUT2D eigenvalue weighted by molar-refractivity contribution is -0.137. The molecule has 0 spiro atoms. The van der Waals surface area contributed by atoms with Crippen LogP contribution in [0.4, 0.5) is 19.0 Å². The Hall–Kier alpha value is -2.16. The van der Waals surface area contributed by atoms with Crippen LogP contribution in [0.25, 0.3) is 0 Å². The first-order valence-corrected chi connectivity index (χ1v) is 7.16. The van der Waals surface area contributed by atoms with E-state index in [1.54, 1.807) is 11.9 Å². The summed E-state index contributed by atoms with van der Waals surface area (Å²) in [6.07, 6.45) is -1.37. The smallest absolute Gasteiger partial charge is 0.376 e. The van der Waals surface area contributed by atoms with Gasteiger partial charge in [-0.15, -0.1) is 0 Å². The van der Waals surface area contributed by atoms with Crippen LogP contribution in [0, 0.1) is 0 Å². The third kappa shape index (κ3) is 3.44. The van der Waals surface area contributed by atoms with Crippen molar-refractivity contribution in [3.8, 4) is 0 Å². The minimum atomic E-state index is -4.38. The highest BCUT2D eigenvalue weighted by Gasteiger charge is 2.33. The fourth-order valence-corrected chi connectivity index (χ4v) is 2.68. The van der Waals surface area contributed by atoms with Gasteiger partial charge in [0.05, 0.1) is 11.7 Å². The summed E-state index contributed by atoms with van der Waals surface area (Å²) < 4.78 is 43.4.